The third kappa shape index (κ3) is 5.00. The van der Waals surface area contributed by atoms with Gasteiger partial charge in [0.15, 0.2) is 11.6 Å². The van der Waals surface area contributed by atoms with Crippen LogP contribution in [0.3, 0.4) is 0 Å². The molecular formula is C16H18BrF2N5O3. The van der Waals surface area contributed by atoms with Crippen molar-refractivity contribution in [1.82, 2.24) is 19.3 Å². The Kier molecular flexibility index (Phi) is 6.14. The van der Waals surface area contributed by atoms with Crippen LogP contribution in [0.15, 0.2) is 39.3 Å². The molecular weight excluding hydrogens is 428 g/mol. The SMILES string of the molecule is CC(C)(C)/C(F)=C(/COC(N)=O)Cn1ncn(-c2ncc(Br)cc2F)c1=O. The number of aromatic nitrogens is 4. The molecule has 2 rings (SSSR count). The highest BCUT2D eigenvalue weighted by atomic mass is 79.9. The van der Waals surface area contributed by atoms with Crippen molar-refractivity contribution in [2.24, 2.45) is 11.1 Å². The minimum atomic E-state index is -1.08. The summed E-state index contributed by atoms with van der Waals surface area (Å²) in [5, 5.41) is 3.86. The molecule has 0 atom stereocenters. The van der Waals surface area contributed by atoms with E-state index in [0.717, 1.165) is 21.6 Å². The number of nitrogens with zero attached hydrogens (tertiary/aromatic N) is 4. The Morgan fingerprint density at radius 3 is 2.63 bits per heavy atom. The topological polar surface area (TPSA) is 105 Å². The first-order valence-electron chi connectivity index (χ1n) is 7.77. The van der Waals surface area contributed by atoms with Crippen LogP contribution >= 0.6 is 15.9 Å². The van der Waals surface area contributed by atoms with Crippen molar-refractivity contribution >= 4 is 22.0 Å². The number of carbonyl (C=O) groups is 1. The van der Waals surface area contributed by atoms with E-state index in [4.69, 9.17) is 5.73 Å². The van der Waals surface area contributed by atoms with E-state index >= 15 is 0 Å². The molecule has 0 saturated heterocycles. The third-order valence-corrected chi connectivity index (χ3v) is 3.88. The Balaban J connectivity index is 2.41. The van der Waals surface area contributed by atoms with E-state index in [9.17, 15) is 18.4 Å². The van der Waals surface area contributed by atoms with Gasteiger partial charge < -0.3 is 10.5 Å². The normalized spacial score (nSPS) is 12.7. The highest BCUT2D eigenvalue weighted by Crippen LogP contribution is 2.29. The van der Waals surface area contributed by atoms with Crippen LogP contribution in [0.1, 0.15) is 20.8 Å². The van der Waals surface area contributed by atoms with E-state index in [1.165, 1.54) is 6.20 Å². The summed E-state index contributed by atoms with van der Waals surface area (Å²) < 4.78 is 35.6. The zero-order valence-electron chi connectivity index (χ0n) is 14.9. The van der Waals surface area contributed by atoms with Gasteiger partial charge in [0.05, 0.1) is 6.54 Å². The molecule has 1 amide bonds. The van der Waals surface area contributed by atoms with E-state index in [2.05, 4.69) is 30.7 Å². The van der Waals surface area contributed by atoms with Crippen LogP contribution in [-0.4, -0.2) is 32.0 Å². The van der Waals surface area contributed by atoms with Crippen molar-refractivity contribution in [3.05, 3.63) is 50.8 Å². The number of allylic oxidation sites excluding steroid dienone is 1. The van der Waals surface area contributed by atoms with Crippen LogP contribution in [0, 0.1) is 11.2 Å². The maximum Gasteiger partial charge on any atom is 0.404 e. The minimum absolute atomic E-state index is 0.0119. The summed E-state index contributed by atoms with van der Waals surface area (Å²) in [7, 11) is 0. The Labute approximate surface area is 161 Å². The van der Waals surface area contributed by atoms with Crippen LogP contribution in [0.25, 0.3) is 5.82 Å². The molecule has 8 nitrogen and oxygen atoms in total. The van der Waals surface area contributed by atoms with Gasteiger partial charge in [-0.2, -0.15) is 5.10 Å². The molecule has 0 aliphatic heterocycles. The number of hydrogen-bond acceptors (Lipinski definition) is 5. The van der Waals surface area contributed by atoms with E-state index < -0.39 is 35.4 Å². The maximum atomic E-state index is 14.7. The molecule has 0 aliphatic carbocycles. The molecule has 0 unspecified atom stereocenters. The summed E-state index contributed by atoms with van der Waals surface area (Å²) >= 11 is 3.08. The molecule has 0 radical (unpaired) electrons. The first-order chi connectivity index (χ1) is 12.5. The second-order valence-electron chi connectivity index (χ2n) is 6.68. The molecule has 11 heteroatoms. The fraction of sp³-hybridized carbons (Fsp3) is 0.375. The first kappa shape index (κ1) is 20.7. The Hall–Kier alpha value is -2.56. The van der Waals surface area contributed by atoms with Crippen LogP contribution in [0.4, 0.5) is 13.6 Å². The van der Waals surface area contributed by atoms with Gasteiger partial charge in [0.2, 0.25) is 0 Å². The highest BCUT2D eigenvalue weighted by Gasteiger charge is 2.24. The summed E-state index contributed by atoms with van der Waals surface area (Å²) in [4.78, 5) is 27.2. The predicted molar refractivity (Wildman–Crippen MR) is 96.4 cm³/mol. The van der Waals surface area contributed by atoms with Gasteiger partial charge in [-0.1, -0.05) is 20.8 Å². The lowest BCUT2D eigenvalue weighted by molar-refractivity contribution is 0.163. The molecule has 2 aromatic heterocycles. The lowest BCUT2D eigenvalue weighted by Gasteiger charge is -2.20. The Morgan fingerprint density at radius 2 is 2.07 bits per heavy atom. The number of pyridine rings is 1. The number of nitrogens with two attached hydrogens (primary N) is 1. The quantitative estimate of drug-likeness (QED) is 0.761. The molecule has 2 aromatic rings. The van der Waals surface area contributed by atoms with E-state index in [0.29, 0.717) is 4.47 Å². The summed E-state index contributed by atoms with van der Waals surface area (Å²) in [6.45, 7) is 4.11. The van der Waals surface area contributed by atoms with Crippen molar-refractivity contribution in [3.8, 4) is 5.82 Å². The van der Waals surface area contributed by atoms with Gasteiger partial charge in [0.1, 0.15) is 18.8 Å². The largest absolute Gasteiger partial charge is 0.445 e. The van der Waals surface area contributed by atoms with Crippen molar-refractivity contribution in [2.75, 3.05) is 6.61 Å². The van der Waals surface area contributed by atoms with Crippen LogP contribution in [0.5, 0.6) is 0 Å². The highest BCUT2D eigenvalue weighted by molar-refractivity contribution is 9.10. The average molecular weight is 446 g/mol. The van der Waals surface area contributed by atoms with Crippen molar-refractivity contribution in [2.45, 2.75) is 27.3 Å². The molecule has 146 valence electrons. The summed E-state index contributed by atoms with van der Waals surface area (Å²) in [5.74, 6) is -1.55. The van der Waals surface area contributed by atoms with Gasteiger partial charge in [0.25, 0.3) is 0 Å². The zero-order valence-corrected chi connectivity index (χ0v) is 16.5. The molecule has 2 N–H and O–H groups in total. The number of ether oxygens (including phenoxy) is 1. The van der Waals surface area contributed by atoms with Crippen molar-refractivity contribution in [1.29, 1.82) is 0 Å². The van der Waals surface area contributed by atoms with E-state index in [1.807, 2.05) is 0 Å². The Bertz CT molecular complexity index is 946. The van der Waals surface area contributed by atoms with Gasteiger partial charge in [-0.3, -0.25) is 0 Å². The summed E-state index contributed by atoms with van der Waals surface area (Å²) in [5.41, 5.74) is 3.32. The molecule has 0 spiro atoms. The number of rotatable bonds is 5. The van der Waals surface area contributed by atoms with Gasteiger partial charge in [0, 0.05) is 21.7 Å². The van der Waals surface area contributed by atoms with Gasteiger partial charge in [-0.15, -0.1) is 0 Å². The standard InChI is InChI=1S/C16H18BrF2N5O3/c1-16(2,3)12(19)9(7-27-14(20)25)6-24-15(26)23(8-22-24)13-11(18)4-10(17)5-21-13/h4-5,8H,6-7H2,1-3H3,(H2,20,25)/b12-9-. The van der Waals surface area contributed by atoms with Gasteiger partial charge in [-0.05, 0) is 22.0 Å². The van der Waals surface area contributed by atoms with Gasteiger partial charge >= 0.3 is 11.8 Å². The fourth-order valence-corrected chi connectivity index (χ4v) is 2.53. The summed E-state index contributed by atoms with van der Waals surface area (Å²) in [6, 6.07) is 1.15. The summed E-state index contributed by atoms with van der Waals surface area (Å²) in [6.07, 6.45) is 1.32. The number of primary amides is 1. The first-order valence-corrected chi connectivity index (χ1v) is 8.56. The number of hydrogen-bond donors (Lipinski definition) is 1. The second-order valence-corrected chi connectivity index (χ2v) is 7.59. The molecule has 0 fully saturated rings. The van der Waals surface area contributed by atoms with Gasteiger partial charge in [-0.25, -0.2) is 32.6 Å². The van der Waals surface area contributed by atoms with Crippen LogP contribution in [-0.2, 0) is 11.3 Å². The molecule has 0 bridgehead atoms. The van der Waals surface area contributed by atoms with Crippen molar-refractivity contribution in [3.63, 3.8) is 0 Å². The number of carbonyl (C=O) groups excluding carboxylic acids is 1. The van der Waals surface area contributed by atoms with Crippen LogP contribution < -0.4 is 11.4 Å². The Morgan fingerprint density at radius 1 is 1.41 bits per heavy atom. The molecule has 27 heavy (non-hydrogen) atoms. The molecule has 2 heterocycles. The molecule has 0 aliphatic rings. The van der Waals surface area contributed by atoms with E-state index in [1.54, 1.807) is 20.8 Å². The fourth-order valence-electron chi connectivity index (χ4n) is 2.22. The molecule has 0 saturated carbocycles. The smallest absolute Gasteiger partial charge is 0.404 e. The number of amides is 1. The van der Waals surface area contributed by atoms with Crippen LogP contribution in [0.2, 0.25) is 0 Å². The minimum Gasteiger partial charge on any atom is -0.445 e. The molecule has 0 aromatic carbocycles. The lowest BCUT2D eigenvalue weighted by atomic mass is 9.92. The third-order valence-electron chi connectivity index (χ3n) is 3.45. The zero-order chi connectivity index (χ0) is 20.4. The predicted octanol–water partition coefficient (Wildman–Crippen LogP) is 2.70. The monoisotopic (exact) mass is 445 g/mol. The second kappa shape index (κ2) is 7.99. The maximum absolute atomic E-state index is 14.7. The lowest BCUT2D eigenvalue weighted by Crippen LogP contribution is -2.28. The van der Waals surface area contributed by atoms with Crippen molar-refractivity contribution < 1.29 is 18.3 Å². The number of halogens is 3. The van der Waals surface area contributed by atoms with E-state index in [-0.39, 0.29) is 17.9 Å². The average Bonchev–Trinajstić information content (AvgIpc) is 2.90.